The van der Waals surface area contributed by atoms with E-state index in [-0.39, 0.29) is 17.4 Å². The fraction of sp³-hybridized carbons (Fsp3) is 0.0909. The molecule has 0 radical (unpaired) electrons. The van der Waals surface area contributed by atoms with Crippen molar-refractivity contribution in [2.45, 2.75) is 12.1 Å². The van der Waals surface area contributed by atoms with Crippen LogP contribution in [-0.4, -0.2) is 32.2 Å². The number of carbonyl (C=O) groups is 2. The second-order valence-corrected chi connectivity index (χ2v) is 7.37. The number of nitrogens with zero attached hydrogens (tertiary/aromatic N) is 3. The monoisotopic (exact) mass is 418 g/mol. The number of ketones is 1. The molecule has 0 aliphatic carbocycles. The number of amides is 1. The van der Waals surface area contributed by atoms with Gasteiger partial charge >= 0.3 is 0 Å². The zero-order valence-corrected chi connectivity index (χ0v) is 16.9. The minimum atomic E-state index is -0.155. The maximum absolute atomic E-state index is 12.7. The van der Waals surface area contributed by atoms with Crippen LogP contribution in [0.2, 0.25) is 0 Å². The highest BCUT2D eigenvalue weighted by Crippen LogP contribution is 2.28. The number of para-hydroxylation sites is 1. The van der Waals surface area contributed by atoms with Crippen LogP contribution in [0, 0.1) is 0 Å². The molecule has 1 N–H and O–H groups in total. The molecule has 0 aliphatic rings. The summed E-state index contributed by atoms with van der Waals surface area (Å²) >= 11 is 1.31. The predicted molar refractivity (Wildman–Crippen MR) is 115 cm³/mol. The molecule has 4 rings (SSSR count). The molecule has 0 atom stereocenters. The summed E-state index contributed by atoms with van der Waals surface area (Å²) in [5.41, 5.74) is 2.09. The first kappa shape index (κ1) is 19.7. The number of hydrogen-bond donors (Lipinski definition) is 1. The molecule has 0 saturated heterocycles. The van der Waals surface area contributed by atoms with Crippen LogP contribution in [-0.2, 0) is 4.79 Å². The van der Waals surface area contributed by atoms with Gasteiger partial charge in [-0.1, -0.05) is 30.0 Å². The van der Waals surface area contributed by atoms with E-state index in [0.717, 1.165) is 5.69 Å². The number of aromatic nitrogens is 3. The number of anilines is 1. The lowest BCUT2D eigenvalue weighted by molar-refractivity contribution is -0.114. The van der Waals surface area contributed by atoms with Gasteiger partial charge in [0.25, 0.3) is 0 Å². The van der Waals surface area contributed by atoms with E-state index in [4.69, 9.17) is 4.42 Å². The average molecular weight is 418 g/mol. The number of thioether (sulfide) groups is 1. The normalized spacial score (nSPS) is 10.7. The zero-order valence-electron chi connectivity index (χ0n) is 16.1. The van der Waals surface area contributed by atoms with Crippen molar-refractivity contribution in [2.75, 3.05) is 11.1 Å². The van der Waals surface area contributed by atoms with Gasteiger partial charge in [0.05, 0.1) is 12.0 Å². The minimum absolute atomic E-state index is 0.0449. The van der Waals surface area contributed by atoms with Crippen molar-refractivity contribution in [1.82, 2.24) is 14.8 Å². The number of benzene rings is 2. The minimum Gasteiger partial charge on any atom is -0.461 e. The SMILES string of the molecule is CC(=O)Nc1ccc(C(=O)CSc2nnc(-c3ccco3)n2-c2ccccc2)cc1. The third-order valence-electron chi connectivity index (χ3n) is 4.25. The highest BCUT2D eigenvalue weighted by Gasteiger charge is 2.19. The van der Waals surface area contributed by atoms with E-state index in [1.165, 1.54) is 18.7 Å². The third kappa shape index (κ3) is 4.33. The molecule has 4 aromatic rings. The second kappa shape index (κ2) is 8.79. The fourth-order valence-corrected chi connectivity index (χ4v) is 3.74. The molecule has 7 nitrogen and oxygen atoms in total. The molecular weight excluding hydrogens is 400 g/mol. The van der Waals surface area contributed by atoms with E-state index in [1.54, 1.807) is 36.6 Å². The second-order valence-electron chi connectivity index (χ2n) is 6.42. The Morgan fingerprint density at radius 3 is 2.43 bits per heavy atom. The zero-order chi connectivity index (χ0) is 20.9. The van der Waals surface area contributed by atoms with Gasteiger partial charge in [0.2, 0.25) is 11.7 Å². The van der Waals surface area contributed by atoms with E-state index in [0.29, 0.717) is 28.0 Å². The van der Waals surface area contributed by atoms with Gasteiger partial charge in [-0.15, -0.1) is 10.2 Å². The Labute approximate surface area is 177 Å². The summed E-state index contributed by atoms with van der Waals surface area (Å²) in [6, 6.07) is 20.1. The van der Waals surface area contributed by atoms with Crippen molar-refractivity contribution in [3.05, 3.63) is 78.6 Å². The Morgan fingerprint density at radius 2 is 1.77 bits per heavy atom. The molecule has 0 spiro atoms. The van der Waals surface area contributed by atoms with E-state index in [2.05, 4.69) is 15.5 Å². The molecule has 0 unspecified atom stereocenters. The van der Waals surface area contributed by atoms with Crippen LogP contribution < -0.4 is 5.32 Å². The molecule has 0 saturated carbocycles. The van der Waals surface area contributed by atoms with Crippen LogP contribution in [0.5, 0.6) is 0 Å². The van der Waals surface area contributed by atoms with Crippen molar-refractivity contribution >= 4 is 29.1 Å². The molecule has 1 amide bonds. The van der Waals surface area contributed by atoms with Crippen LogP contribution in [0.4, 0.5) is 5.69 Å². The lowest BCUT2D eigenvalue weighted by atomic mass is 10.1. The van der Waals surface area contributed by atoms with Gasteiger partial charge in [-0.3, -0.25) is 14.2 Å². The van der Waals surface area contributed by atoms with Gasteiger partial charge in [-0.05, 0) is 48.5 Å². The van der Waals surface area contributed by atoms with Crippen LogP contribution in [0.1, 0.15) is 17.3 Å². The first-order valence-corrected chi connectivity index (χ1v) is 10.2. The summed E-state index contributed by atoms with van der Waals surface area (Å²) in [4.78, 5) is 23.8. The summed E-state index contributed by atoms with van der Waals surface area (Å²) in [5, 5.41) is 11.8. The maximum Gasteiger partial charge on any atom is 0.221 e. The number of carbonyl (C=O) groups excluding carboxylic acids is 2. The average Bonchev–Trinajstić information content (AvgIpc) is 3.42. The van der Waals surface area contributed by atoms with Crippen molar-refractivity contribution in [2.24, 2.45) is 0 Å². The molecule has 30 heavy (non-hydrogen) atoms. The predicted octanol–water partition coefficient (Wildman–Crippen LogP) is 4.46. The van der Waals surface area contributed by atoms with Crippen LogP contribution in [0.15, 0.2) is 82.6 Å². The Balaban J connectivity index is 1.55. The molecular formula is C22H18N4O3S. The van der Waals surface area contributed by atoms with E-state index >= 15 is 0 Å². The molecule has 2 aromatic heterocycles. The largest absolute Gasteiger partial charge is 0.461 e. The molecule has 0 aliphatic heterocycles. The van der Waals surface area contributed by atoms with Gasteiger partial charge in [0.15, 0.2) is 16.7 Å². The molecule has 8 heteroatoms. The summed E-state index contributed by atoms with van der Waals surface area (Å²) in [7, 11) is 0. The third-order valence-corrected chi connectivity index (χ3v) is 5.18. The van der Waals surface area contributed by atoms with Gasteiger partial charge in [0, 0.05) is 23.9 Å². The van der Waals surface area contributed by atoms with Crippen LogP contribution in [0.25, 0.3) is 17.3 Å². The fourth-order valence-electron chi connectivity index (χ4n) is 2.89. The summed E-state index contributed by atoms with van der Waals surface area (Å²) < 4.78 is 7.37. The molecule has 2 heterocycles. The van der Waals surface area contributed by atoms with Crippen LogP contribution >= 0.6 is 11.8 Å². The first-order valence-electron chi connectivity index (χ1n) is 9.20. The molecule has 150 valence electrons. The van der Waals surface area contributed by atoms with Crippen molar-refractivity contribution < 1.29 is 14.0 Å². The highest BCUT2D eigenvalue weighted by molar-refractivity contribution is 7.99. The number of rotatable bonds is 7. The summed E-state index contributed by atoms with van der Waals surface area (Å²) in [6.45, 7) is 1.44. The van der Waals surface area contributed by atoms with Crippen molar-refractivity contribution in [3.63, 3.8) is 0 Å². The lowest BCUT2D eigenvalue weighted by Crippen LogP contribution is -2.07. The number of nitrogens with one attached hydrogen (secondary N) is 1. The topological polar surface area (TPSA) is 90.0 Å². The van der Waals surface area contributed by atoms with E-state index in [9.17, 15) is 9.59 Å². The Morgan fingerprint density at radius 1 is 1.00 bits per heavy atom. The lowest BCUT2D eigenvalue weighted by Gasteiger charge is -2.09. The summed E-state index contributed by atoms with van der Waals surface area (Å²) in [6.07, 6.45) is 1.58. The van der Waals surface area contributed by atoms with Crippen molar-refractivity contribution in [1.29, 1.82) is 0 Å². The Hall–Kier alpha value is -3.65. The van der Waals surface area contributed by atoms with Gasteiger partial charge in [-0.2, -0.15) is 0 Å². The van der Waals surface area contributed by atoms with E-state index < -0.39 is 0 Å². The molecule has 2 aromatic carbocycles. The Kier molecular flexibility index (Phi) is 5.76. The van der Waals surface area contributed by atoms with Gasteiger partial charge in [0.1, 0.15) is 0 Å². The Bertz CT molecular complexity index is 1150. The number of Topliss-reactive ketones (excluding diaryl/α,β-unsaturated/α-hetero) is 1. The smallest absolute Gasteiger partial charge is 0.221 e. The highest BCUT2D eigenvalue weighted by atomic mass is 32.2. The molecule has 0 fully saturated rings. The van der Waals surface area contributed by atoms with Gasteiger partial charge < -0.3 is 9.73 Å². The number of furan rings is 1. The standard InChI is InChI=1S/C22H18N4O3S/c1-15(27)23-17-11-9-16(10-12-17)19(28)14-30-22-25-24-21(20-8-5-13-29-20)26(22)18-6-3-2-4-7-18/h2-13H,14H2,1H3,(H,23,27). The summed E-state index contributed by atoms with van der Waals surface area (Å²) in [5.74, 6) is 1.16. The molecule has 0 bridgehead atoms. The van der Waals surface area contributed by atoms with Crippen molar-refractivity contribution in [3.8, 4) is 17.3 Å². The van der Waals surface area contributed by atoms with Crippen LogP contribution in [0.3, 0.4) is 0 Å². The quantitative estimate of drug-likeness (QED) is 0.352. The maximum atomic E-state index is 12.7. The van der Waals surface area contributed by atoms with Gasteiger partial charge in [-0.25, -0.2) is 0 Å². The number of hydrogen-bond acceptors (Lipinski definition) is 6. The first-order chi connectivity index (χ1) is 14.6. The van der Waals surface area contributed by atoms with E-state index in [1.807, 2.05) is 41.0 Å².